The molecule has 1 aliphatic heterocycles. The Morgan fingerprint density at radius 2 is 1.51 bits per heavy atom. The summed E-state index contributed by atoms with van der Waals surface area (Å²) < 4.78 is 22.0. The summed E-state index contributed by atoms with van der Waals surface area (Å²) in [6.07, 6.45) is 17.0. The van der Waals surface area contributed by atoms with Gasteiger partial charge in [-0.05, 0) is 37.8 Å². The van der Waals surface area contributed by atoms with Crippen LogP contribution in [0.3, 0.4) is 0 Å². The summed E-state index contributed by atoms with van der Waals surface area (Å²) in [4.78, 5) is 35.4. The van der Waals surface area contributed by atoms with Crippen molar-refractivity contribution in [2.45, 2.75) is 128 Å². The summed E-state index contributed by atoms with van der Waals surface area (Å²) in [5.74, 6) is -0.978. The monoisotopic (exact) mass is 549 g/mol. The number of unbranched alkanes of at least 4 members (excludes halogenated alkanes) is 12. The van der Waals surface area contributed by atoms with Crippen LogP contribution in [0.2, 0.25) is 0 Å². The van der Waals surface area contributed by atoms with Crippen LogP contribution in [0.15, 0.2) is 24.3 Å². The number of carbonyl (C=O) groups excluding carboxylic acids is 2. The van der Waals surface area contributed by atoms with Gasteiger partial charge in [-0.3, -0.25) is 14.9 Å². The van der Waals surface area contributed by atoms with Crippen LogP contribution in [0.4, 0.5) is 5.69 Å². The molecule has 2 atom stereocenters. The lowest BCUT2D eigenvalue weighted by Gasteiger charge is -2.26. The smallest absolute Gasteiger partial charge is 0.344 e. The molecule has 0 spiro atoms. The summed E-state index contributed by atoms with van der Waals surface area (Å²) in [7, 11) is 0. The van der Waals surface area contributed by atoms with Gasteiger partial charge in [0.05, 0.1) is 4.92 Å². The minimum Gasteiger partial charge on any atom is -0.462 e. The number of nitrogens with zero attached hydrogens (tertiary/aromatic N) is 1. The van der Waals surface area contributed by atoms with Crippen molar-refractivity contribution in [3.05, 3.63) is 34.4 Å². The van der Waals surface area contributed by atoms with Gasteiger partial charge in [-0.1, -0.05) is 84.0 Å². The zero-order valence-corrected chi connectivity index (χ0v) is 23.6. The molecule has 1 aromatic rings. The fraction of sp³-hybridized carbons (Fsp3) is 0.733. The molecule has 0 amide bonds. The molecule has 1 saturated heterocycles. The Kier molecular flexibility index (Phi) is 17.1. The van der Waals surface area contributed by atoms with Crippen molar-refractivity contribution in [3.8, 4) is 5.75 Å². The minimum atomic E-state index is -1.15. The number of nitro groups is 1. The number of nitro benzene ring substituents is 1. The lowest BCUT2D eigenvalue weighted by molar-refractivity contribution is -0.384. The van der Waals surface area contributed by atoms with E-state index in [0.29, 0.717) is 19.4 Å². The van der Waals surface area contributed by atoms with Gasteiger partial charge >= 0.3 is 11.9 Å². The van der Waals surface area contributed by atoms with E-state index in [-0.39, 0.29) is 24.0 Å². The molecule has 9 heteroatoms. The van der Waals surface area contributed by atoms with Crippen LogP contribution in [-0.2, 0) is 23.8 Å². The van der Waals surface area contributed by atoms with Gasteiger partial charge in [-0.25, -0.2) is 4.79 Å². The maximum atomic E-state index is 12.8. The van der Waals surface area contributed by atoms with Gasteiger partial charge in [0.25, 0.3) is 5.69 Å². The first kappa shape index (κ1) is 32.7. The quantitative estimate of drug-likeness (QED) is 0.0511. The van der Waals surface area contributed by atoms with E-state index in [9.17, 15) is 19.7 Å². The van der Waals surface area contributed by atoms with Crippen molar-refractivity contribution in [2.24, 2.45) is 0 Å². The van der Waals surface area contributed by atoms with Crippen molar-refractivity contribution in [2.75, 3.05) is 13.2 Å². The van der Waals surface area contributed by atoms with Gasteiger partial charge in [0.2, 0.25) is 0 Å². The Balaban J connectivity index is 1.64. The zero-order chi connectivity index (χ0) is 28.1. The van der Waals surface area contributed by atoms with Gasteiger partial charge in [-0.2, -0.15) is 0 Å². The number of non-ortho nitro benzene ring substituents is 1. The molecule has 0 bridgehead atoms. The highest BCUT2D eigenvalue weighted by molar-refractivity contribution is 5.78. The number of rotatable bonds is 21. The van der Waals surface area contributed by atoms with Crippen molar-refractivity contribution in [1.82, 2.24) is 0 Å². The molecule has 0 aliphatic carbocycles. The maximum absolute atomic E-state index is 12.8. The summed E-state index contributed by atoms with van der Waals surface area (Å²) in [5.41, 5.74) is -0.111. The molecular formula is C30H47NO8. The lowest BCUT2D eigenvalue weighted by Crippen LogP contribution is -2.39. The van der Waals surface area contributed by atoms with Gasteiger partial charge in [0.15, 0.2) is 12.4 Å². The molecule has 39 heavy (non-hydrogen) atoms. The third-order valence-electron chi connectivity index (χ3n) is 6.86. The van der Waals surface area contributed by atoms with Crippen LogP contribution in [0.25, 0.3) is 0 Å². The first-order valence-corrected chi connectivity index (χ1v) is 14.9. The number of benzene rings is 1. The Hall–Kier alpha value is -2.52. The second-order valence-corrected chi connectivity index (χ2v) is 10.3. The molecule has 1 aliphatic rings. The molecule has 1 heterocycles. The van der Waals surface area contributed by atoms with Crippen LogP contribution in [0, 0.1) is 10.1 Å². The highest BCUT2D eigenvalue weighted by atomic mass is 16.7. The van der Waals surface area contributed by atoms with Gasteiger partial charge in [-0.15, -0.1) is 0 Å². The van der Waals surface area contributed by atoms with Crippen molar-refractivity contribution in [1.29, 1.82) is 0 Å². The van der Waals surface area contributed by atoms with E-state index in [2.05, 4.69) is 6.92 Å². The van der Waals surface area contributed by atoms with Crippen molar-refractivity contribution >= 4 is 17.6 Å². The highest BCUT2D eigenvalue weighted by Crippen LogP contribution is 2.20. The van der Waals surface area contributed by atoms with E-state index in [4.69, 9.17) is 18.9 Å². The topological polar surface area (TPSA) is 114 Å². The molecule has 1 unspecified atom stereocenters. The van der Waals surface area contributed by atoms with Crippen LogP contribution < -0.4 is 4.74 Å². The number of ether oxygens (including phenoxy) is 4. The summed E-state index contributed by atoms with van der Waals surface area (Å²) in [5, 5.41) is 10.8. The largest absolute Gasteiger partial charge is 0.462 e. The molecule has 0 radical (unpaired) electrons. The first-order chi connectivity index (χ1) is 19.0. The van der Waals surface area contributed by atoms with Gasteiger partial charge < -0.3 is 18.9 Å². The van der Waals surface area contributed by atoms with E-state index < -0.39 is 23.3 Å². The number of esters is 2. The number of hydrogen-bond donors (Lipinski definition) is 0. The molecule has 0 N–H and O–H groups in total. The lowest BCUT2D eigenvalue weighted by atomic mass is 10.0. The summed E-state index contributed by atoms with van der Waals surface area (Å²) >= 11 is 0. The molecule has 220 valence electrons. The van der Waals surface area contributed by atoms with Crippen LogP contribution in [0.1, 0.15) is 116 Å². The third-order valence-corrected chi connectivity index (χ3v) is 6.86. The van der Waals surface area contributed by atoms with Crippen molar-refractivity contribution < 1.29 is 33.5 Å². The van der Waals surface area contributed by atoms with Crippen LogP contribution >= 0.6 is 0 Å². The van der Waals surface area contributed by atoms with E-state index >= 15 is 0 Å². The highest BCUT2D eigenvalue weighted by Gasteiger charge is 2.29. The molecule has 0 saturated carbocycles. The zero-order valence-electron chi connectivity index (χ0n) is 23.6. The van der Waals surface area contributed by atoms with Crippen molar-refractivity contribution in [3.63, 3.8) is 0 Å². The van der Waals surface area contributed by atoms with Crippen LogP contribution in [0.5, 0.6) is 5.75 Å². The number of hydrogen-bond acceptors (Lipinski definition) is 8. The number of carbonyl (C=O) groups is 2. The average Bonchev–Trinajstić information content (AvgIpc) is 2.94. The molecular weight excluding hydrogens is 502 g/mol. The Bertz CT molecular complexity index is 823. The summed E-state index contributed by atoms with van der Waals surface area (Å²) in [6, 6.07) is 5.17. The molecule has 1 aromatic carbocycles. The van der Waals surface area contributed by atoms with E-state index in [1.165, 1.54) is 88.5 Å². The predicted molar refractivity (Wildman–Crippen MR) is 148 cm³/mol. The Morgan fingerprint density at radius 3 is 2.05 bits per heavy atom. The van der Waals surface area contributed by atoms with E-state index in [0.717, 1.165) is 32.1 Å². The second-order valence-electron chi connectivity index (χ2n) is 10.3. The molecule has 0 aromatic heterocycles. The normalized spacial score (nSPS) is 16.0. The molecule has 9 nitrogen and oxygen atoms in total. The maximum Gasteiger partial charge on any atom is 0.344 e. The van der Waals surface area contributed by atoms with Gasteiger partial charge in [0.1, 0.15) is 12.4 Å². The average molecular weight is 550 g/mol. The third kappa shape index (κ3) is 15.0. The molecule has 1 fully saturated rings. The first-order valence-electron chi connectivity index (χ1n) is 14.9. The van der Waals surface area contributed by atoms with Gasteiger partial charge in [0, 0.05) is 25.2 Å². The Labute approximate surface area is 233 Å². The predicted octanol–water partition coefficient (Wildman–Crippen LogP) is 7.44. The van der Waals surface area contributed by atoms with Crippen LogP contribution in [-0.4, -0.2) is 42.5 Å². The van der Waals surface area contributed by atoms with E-state index in [1.807, 2.05) is 0 Å². The SMILES string of the molecule is CCCCCCCCCCCCCCCC(=O)OC[C@@H](OC1CCCCO1)C(=O)Oc1ccc([N+](=O)[O-])cc1. The van der Waals surface area contributed by atoms with E-state index in [1.54, 1.807) is 0 Å². The minimum absolute atomic E-state index is 0.111. The fourth-order valence-corrected chi connectivity index (χ4v) is 4.51. The Morgan fingerprint density at radius 1 is 0.923 bits per heavy atom. The summed E-state index contributed by atoms with van der Waals surface area (Å²) in [6.45, 7) is 2.50. The fourth-order valence-electron chi connectivity index (χ4n) is 4.51. The molecule has 2 rings (SSSR count). The standard InChI is InChI=1S/C30H47NO8/c1-2-3-4-5-6-7-8-9-10-11-12-13-14-17-28(32)37-24-27(39-29-18-15-16-23-36-29)30(33)38-26-21-19-25(20-22-26)31(34)35/h19-22,27,29H,2-18,23-24H2,1H3/t27-,29?/m1/s1. The second kappa shape index (κ2) is 20.4.